The molecule has 1 aromatic carbocycles. The fourth-order valence-corrected chi connectivity index (χ4v) is 1.75. The molecule has 0 heterocycles. The molecule has 0 aromatic heterocycles. The molecule has 0 spiro atoms. The topological polar surface area (TPSA) is 29.5 Å². The molecular formula is C12H14F2O2. The summed E-state index contributed by atoms with van der Waals surface area (Å²) in [7, 11) is 1.31. The highest BCUT2D eigenvalue weighted by atomic mass is 19.2. The highest BCUT2D eigenvalue weighted by Gasteiger charge is 2.39. The average molecular weight is 228 g/mol. The Bertz CT molecular complexity index is 400. The van der Waals surface area contributed by atoms with Gasteiger partial charge < -0.3 is 9.84 Å². The lowest BCUT2D eigenvalue weighted by Crippen LogP contribution is -2.09. The summed E-state index contributed by atoms with van der Waals surface area (Å²) in [6, 6.07) is 2.59. The summed E-state index contributed by atoms with van der Waals surface area (Å²) in [4.78, 5) is 0. The molecular weight excluding hydrogens is 214 g/mol. The monoisotopic (exact) mass is 228 g/mol. The van der Waals surface area contributed by atoms with Crippen LogP contribution in [-0.4, -0.2) is 17.8 Å². The van der Waals surface area contributed by atoms with E-state index in [2.05, 4.69) is 0 Å². The lowest BCUT2D eigenvalue weighted by Gasteiger charge is -2.11. The Hall–Kier alpha value is -1.16. The van der Waals surface area contributed by atoms with Crippen molar-refractivity contribution in [2.75, 3.05) is 7.11 Å². The first-order valence-electron chi connectivity index (χ1n) is 5.29. The van der Waals surface area contributed by atoms with Crippen molar-refractivity contribution in [2.45, 2.75) is 31.3 Å². The van der Waals surface area contributed by atoms with Gasteiger partial charge in [-0.2, -0.15) is 4.39 Å². The first kappa shape index (κ1) is 11.3. The van der Waals surface area contributed by atoms with Crippen LogP contribution in [0.3, 0.4) is 0 Å². The third-order valence-electron chi connectivity index (χ3n) is 3.02. The summed E-state index contributed by atoms with van der Waals surface area (Å²) in [5, 5.41) is 9.67. The van der Waals surface area contributed by atoms with Gasteiger partial charge in [0.1, 0.15) is 0 Å². The van der Waals surface area contributed by atoms with E-state index >= 15 is 0 Å². The van der Waals surface area contributed by atoms with Crippen molar-refractivity contribution in [1.82, 2.24) is 0 Å². The summed E-state index contributed by atoms with van der Waals surface area (Å²) in [6.07, 6.45) is 2.64. The minimum absolute atomic E-state index is 0.0516. The molecule has 1 aliphatic carbocycles. The third-order valence-corrected chi connectivity index (χ3v) is 3.02. The van der Waals surface area contributed by atoms with E-state index < -0.39 is 17.2 Å². The molecule has 0 atom stereocenters. The van der Waals surface area contributed by atoms with E-state index in [9.17, 15) is 13.9 Å². The molecule has 1 saturated carbocycles. The highest BCUT2D eigenvalue weighted by Crippen LogP contribution is 2.40. The molecule has 1 aromatic rings. The molecule has 0 unspecified atom stereocenters. The highest BCUT2D eigenvalue weighted by molar-refractivity contribution is 5.36. The van der Waals surface area contributed by atoms with Gasteiger partial charge in [0, 0.05) is 0 Å². The van der Waals surface area contributed by atoms with Crippen molar-refractivity contribution < 1.29 is 18.6 Å². The normalized spacial score (nSPS) is 17.2. The van der Waals surface area contributed by atoms with E-state index in [1.54, 1.807) is 0 Å². The molecule has 1 fully saturated rings. The van der Waals surface area contributed by atoms with Gasteiger partial charge in [-0.3, -0.25) is 0 Å². The van der Waals surface area contributed by atoms with Crippen molar-refractivity contribution in [2.24, 2.45) is 0 Å². The zero-order valence-corrected chi connectivity index (χ0v) is 9.09. The molecule has 1 aliphatic rings. The Morgan fingerprint density at radius 1 is 1.38 bits per heavy atom. The van der Waals surface area contributed by atoms with Gasteiger partial charge in [0.25, 0.3) is 0 Å². The van der Waals surface area contributed by atoms with Crippen LogP contribution in [0.4, 0.5) is 8.78 Å². The number of rotatable bonds is 4. The molecule has 0 saturated heterocycles. The molecule has 0 bridgehead atoms. The summed E-state index contributed by atoms with van der Waals surface area (Å²) in [5.41, 5.74) is 0.0114. The van der Waals surface area contributed by atoms with Gasteiger partial charge in [-0.25, -0.2) is 4.39 Å². The molecule has 1 N–H and O–H groups in total. The number of aliphatic hydroxyl groups is 1. The SMILES string of the molecule is COc1c(CCC2(O)CC2)ccc(F)c1F. The number of halogens is 2. The Morgan fingerprint density at radius 3 is 2.62 bits per heavy atom. The Balaban J connectivity index is 2.16. The fourth-order valence-electron chi connectivity index (χ4n) is 1.75. The van der Waals surface area contributed by atoms with Crippen LogP contribution in [0.15, 0.2) is 12.1 Å². The third kappa shape index (κ3) is 2.16. The van der Waals surface area contributed by atoms with Crippen LogP contribution in [0.2, 0.25) is 0 Å². The van der Waals surface area contributed by atoms with E-state index in [-0.39, 0.29) is 5.75 Å². The number of aryl methyl sites for hydroxylation is 1. The van der Waals surface area contributed by atoms with Crippen molar-refractivity contribution in [1.29, 1.82) is 0 Å². The second kappa shape index (κ2) is 4.01. The lowest BCUT2D eigenvalue weighted by atomic mass is 10.0. The zero-order chi connectivity index (χ0) is 11.8. The van der Waals surface area contributed by atoms with Gasteiger partial charge in [0.15, 0.2) is 11.6 Å². The van der Waals surface area contributed by atoms with Crippen LogP contribution in [0.1, 0.15) is 24.8 Å². The van der Waals surface area contributed by atoms with Crippen LogP contribution in [-0.2, 0) is 6.42 Å². The van der Waals surface area contributed by atoms with Crippen LogP contribution >= 0.6 is 0 Å². The number of hydrogen-bond acceptors (Lipinski definition) is 2. The molecule has 4 heteroatoms. The molecule has 88 valence electrons. The Kier molecular flexibility index (Phi) is 2.84. The van der Waals surface area contributed by atoms with Crippen LogP contribution in [0, 0.1) is 11.6 Å². The van der Waals surface area contributed by atoms with Gasteiger partial charge in [-0.05, 0) is 37.3 Å². The average Bonchev–Trinajstić information content (AvgIpc) is 2.99. The molecule has 2 rings (SSSR count). The number of hydrogen-bond donors (Lipinski definition) is 1. The predicted octanol–water partition coefficient (Wildman–Crippen LogP) is 2.43. The fraction of sp³-hybridized carbons (Fsp3) is 0.500. The molecule has 0 aliphatic heterocycles. The zero-order valence-electron chi connectivity index (χ0n) is 9.09. The first-order chi connectivity index (χ1) is 7.56. The van der Waals surface area contributed by atoms with Crippen molar-refractivity contribution >= 4 is 0 Å². The van der Waals surface area contributed by atoms with E-state index in [0.29, 0.717) is 18.4 Å². The maximum Gasteiger partial charge on any atom is 0.200 e. The number of benzene rings is 1. The summed E-state index contributed by atoms with van der Waals surface area (Å²) < 4.78 is 31.1. The first-order valence-corrected chi connectivity index (χ1v) is 5.29. The van der Waals surface area contributed by atoms with E-state index in [1.807, 2.05) is 0 Å². The standard InChI is InChI=1S/C12H14F2O2/c1-16-11-8(2-3-9(13)10(11)14)4-5-12(15)6-7-12/h2-3,15H,4-7H2,1H3. The lowest BCUT2D eigenvalue weighted by molar-refractivity contribution is 0.140. The van der Waals surface area contributed by atoms with Gasteiger partial charge in [-0.15, -0.1) is 0 Å². The second-order valence-electron chi connectivity index (χ2n) is 4.28. The van der Waals surface area contributed by atoms with Crippen molar-refractivity contribution in [3.05, 3.63) is 29.3 Å². The van der Waals surface area contributed by atoms with Crippen molar-refractivity contribution in [3.8, 4) is 5.75 Å². The molecule has 0 amide bonds. The van der Waals surface area contributed by atoms with E-state index in [1.165, 1.54) is 13.2 Å². The smallest absolute Gasteiger partial charge is 0.200 e. The minimum Gasteiger partial charge on any atom is -0.493 e. The summed E-state index contributed by atoms with van der Waals surface area (Å²) in [5.74, 6) is -1.92. The maximum absolute atomic E-state index is 13.3. The molecule has 2 nitrogen and oxygen atoms in total. The molecule has 0 radical (unpaired) electrons. The predicted molar refractivity (Wildman–Crippen MR) is 55.4 cm³/mol. The van der Waals surface area contributed by atoms with Crippen LogP contribution in [0.25, 0.3) is 0 Å². The Morgan fingerprint density at radius 2 is 2.06 bits per heavy atom. The van der Waals surface area contributed by atoms with E-state index in [4.69, 9.17) is 4.74 Å². The van der Waals surface area contributed by atoms with Gasteiger partial charge >= 0.3 is 0 Å². The number of methoxy groups -OCH3 is 1. The van der Waals surface area contributed by atoms with Gasteiger partial charge in [0.05, 0.1) is 12.7 Å². The molecule has 16 heavy (non-hydrogen) atoms. The number of ether oxygens (including phenoxy) is 1. The van der Waals surface area contributed by atoms with Crippen molar-refractivity contribution in [3.63, 3.8) is 0 Å². The van der Waals surface area contributed by atoms with Gasteiger partial charge in [0.2, 0.25) is 5.82 Å². The minimum atomic E-state index is -0.956. The Labute approximate surface area is 92.9 Å². The largest absolute Gasteiger partial charge is 0.493 e. The quantitative estimate of drug-likeness (QED) is 0.857. The summed E-state index contributed by atoms with van der Waals surface area (Å²) >= 11 is 0. The van der Waals surface area contributed by atoms with Crippen LogP contribution in [0.5, 0.6) is 5.75 Å². The van der Waals surface area contributed by atoms with Gasteiger partial charge in [-0.1, -0.05) is 6.07 Å². The second-order valence-corrected chi connectivity index (χ2v) is 4.28. The maximum atomic E-state index is 13.3. The van der Waals surface area contributed by atoms with Crippen LogP contribution < -0.4 is 4.74 Å². The van der Waals surface area contributed by atoms with E-state index in [0.717, 1.165) is 18.9 Å². The summed E-state index contributed by atoms with van der Waals surface area (Å²) in [6.45, 7) is 0.